The standard InChI is InChI=1S/C16H29N3O/c1-4-7-12-8-10-13(11-9-12)14-18-15(20-19-14)16(17,5-2)6-3/h12-13H,4-11,17H2,1-3H3. The van der Waals surface area contributed by atoms with Gasteiger partial charge in [0.25, 0.3) is 0 Å². The number of aromatic nitrogens is 2. The van der Waals surface area contributed by atoms with Gasteiger partial charge >= 0.3 is 0 Å². The van der Waals surface area contributed by atoms with E-state index in [9.17, 15) is 0 Å². The second-order valence-corrected chi connectivity index (χ2v) is 6.33. The van der Waals surface area contributed by atoms with Gasteiger partial charge in [-0.2, -0.15) is 4.98 Å². The minimum absolute atomic E-state index is 0.454. The zero-order chi connectivity index (χ0) is 14.6. The second kappa shape index (κ2) is 6.70. The number of nitrogens with zero attached hydrogens (tertiary/aromatic N) is 2. The molecule has 0 bridgehead atoms. The molecule has 1 aromatic heterocycles. The highest BCUT2D eigenvalue weighted by molar-refractivity contribution is 5.04. The van der Waals surface area contributed by atoms with E-state index in [1.54, 1.807) is 0 Å². The van der Waals surface area contributed by atoms with Gasteiger partial charge in [0.1, 0.15) is 0 Å². The summed E-state index contributed by atoms with van der Waals surface area (Å²) in [7, 11) is 0. The quantitative estimate of drug-likeness (QED) is 0.850. The fourth-order valence-electron chi connectivity index (χ4n) is 3.27. The summed E-state index contributed by atoms with van der Waals surface area (Å²) in [6, 6.07) is 0. The molecule has 1 aliphatic rings. The first-order valence-corrected chi connectivity index (χ1v) is 8.25. The zero-order valence-corrected chi connectivity index (χ0v) is 13.2. The van der Waals surface area contributed by atoms with Crippen molar-refractivity contribution in [1.82, 2.24) is 10.1 Å². The summed E-state index contributed by atoms with van der Waals surface area (Å²) in [5.74, 6) is 2.88. The summed E-state index contributed by atoms with van der Waals surface area (Å²) in [6.07, 6.45) is 9.31. The normalized spacial score (nSPS) is 24.0. The van der Waals surface area contributed by atoms with Crippen LogP contribution in [0, 0.1) is 5.92 Å². The van der Waals surface area contributed by atoms with Crippen molar-refractivity contribution >= 4 is 0 Å². The van der Waals surface area contributed by atoms with Crippen LogP contribution in [0.4, 0.5) is 0 Å². The van der Waals surface area contributed by atoms with Crippen molar-refractivity contribution in [3.05, 3.63) is 11.7 Å². The summed E-state index contributed by atoms with van der Waals surface area (Å²) < 4.78 is 5.45. The maximum atomic E-state index is 6.33. The minimum Gasteiger partial charge on any atom is -0.337 e. The van der Waals surface area contributed by atoms with Crippen LogP contribution in [0.2, 0.25) is 0 Å². The van der Waals surface area contributed by atoms with Crippen LogP contribution >= 0.6 is 0 Å². The number of hydrogen-bond acceptors (Lipinski definition) is 4. The Morgan fingerprint density at radius 1 is 1.15 bits per heavy atom. The first-order chi connectivity index (χ1) is 9.62. The van der Waals surface area contributed by atoms with E-state index in [1.807, 2.05) is 0 Å². The van der Waals surface area contributed by atoms with Crippen LogP contribution in [0.5, 0.6) is 0 Å². The molecule has 1 saturated carbocycles. The lowest BCUT2D eigenvalue weighted by molar-refractivity contribution is 0.262. The topological polar surface area (TPSA) is 64.9 Å². The van der Waals surface area contributed by atoms with E-state index in [4.69, 9.17) is 10.3 Å². The van der Waals surface area contributed by atoms with Crippen molar-refractivity contribution in [3.63, 3.8) is 0 Å². The van der Waals surface area contributed by atoms with E-state index in [1.165, 1.54) is 38.5 Å². The Bertz CT molecular complexity index is 404. The van der Waals surface area contributed by atoms with E-state index in [0.717, 1.165) is 24.6 Å². The van der Waals surface area contributed by atoms with Gasteiger partial charge in [-0.05, 0) is 44.4 Å². The molecule has 0 atom stereocenters. The Labute approximate surface area is 122 Å². The molecule has 4 nitrogen and oxygen atoms in total. The molecule has 1 aromatic rings. The van der Waals surface area contributed by atoms with Gasteiger partial charge in [-0.1, -0.05) is 38.8 Å². The van der Waals surface area contributed by atoms with Crippen LogP contribution in [0.1, 0.15) is 89.8 Å². The highest BCUT2D eigenvalue weighted by atomic mass is 16.5. The minimum atomic E-state index is -0.454. The Kier molecular flexibility index (Phi) is 5.19. The van der Waals surface area contributed by atoms with Gasteiger partial charge in [-0.3, -0.25) is 0 Å². The Morgan fingerprint density at radius 3 is 2.35 bits per heavy atom. The maximum Gasteiger partial charge on any atom is 0.246 e. The Hall–Kier alpha value is -0.900. The molecule has 1 aliphatic carbocycles. The molecule has 20 heavy (non-hydrogen) atoms. The second-order valence-electron chi connectivity index (χ2n) is 6.33. The Morgan fingerprint density at radius 2 is 1.80 bits per heavy atom. The molecule has 0 amide bonds. The molecule has 0 spiro atoms. The highest BCUT2D eigenvalue weighted by Crippen LogP contribution is 2.37. The molecule has 0 saturated heterocycles. The van der Waals surface area contributed by atoms with E-state index >= 15 is 0 Å². The van der Waals surface area contributed by atoms with E-state index in [2.05, 4.69) is 30.9 Å². The summed E-state index contributed by atoms with van der Waals surface area (Å²) in [4.78, 5) is 4.62. The molecule has 2 N–H and O–H groups in total. The van der Waals surface area contributed by atoms with Crippen molar-refractivity contribution < 1.29 is 4.52 Å². The smallest absolute Gasteiger partial charge is 0.246 e. The van der Waals surface area contributed by atoms with Crippen molar-refractivity contribution in [2.75, 3.05) is 0 Å². The van der Waals surface area contributed by atoms with Crippen molar-refractivity contribution in [1.29, 1.82) is 0 Å². The predicted octanol–water partition coefficient (Wildman–Crippen LogP) is 4.12. The average Bonchev–Trinajstić information content (AvgIpc) is 2.98. The van der Waals surface area contributed by atoms with Gasteiger partial charge in [-0.15, -0.1) is 0 Å². The summed E-state index contributed by atoms with van der Waals surface area (Å²) in [6.45, 7) is 6.42. The van der Waals surface area contributed by atoms with Gasteiger partial charge in [0.15, 0.2) is 5.82 Å². The fraction of sp³-hybridized carbons (Fsp3) is 0.875. The van der Waals surface area contributed by atoms with Crippen LogP contribution in [-0.2, 0) is 5.54 Å². The van der Waals surface area contributed by atoms with Gasteiger partial charge in [0.05, 0.1) is 5.54 Å². The van der Waals surface area contributed by atoms with Crippen LogP contribution < -0.4 is 5.73 Å². The number of rotatable bonds is 6. The monoisotopic (exact) mass is 279 g/mol. The van der Waals surface area contributed by atoms with E-state index < -0.39 is 5.54 Å². The van der Waals surface area contributed by atoms with Gasteiger partial charge in [0.2, 0.25) is 5.89 Å². The molecule has 0 unspecified atom stereocenters. The molecule has 2 rings (SSSR count). The van der Waals surface area contributed by atoms with Gasteiger partial charge < -0.3 is 10.3 Å². The molecule has 4 heteroatoms. The molecular weight excluding hydrogens is 250 g/mol. The summed E-state index contributed by atoms with van der Waals surface area (Å²) in [5, 5.41) is 4.21. The molecule has 0 aliphatic heterocycles. The highest BCUT2D eigenvalue weighted by Gasteiger charge is 2.32. The van der Waals surface area contributed by atoms with E-state index in [0.29, 0.717) is 11.8 Å². The lowest BCUT2D eigenvalue weighted by atomic mass is 9.80. The van der Waals surface area contributed by atoms with E-state index in [-0.39, 0.29) is 0 Å². The molecule has 0 radical (unpaired) electrons. The molecule has 114 valence electrons. The first-order valence-electron chi connectivity index (χ1n) is 8.25. The van der Waals surface area contributed by atoms with Crippen molar-refractivity contribution in [2.24, 2.45) is 11.7 Å². The third kappa shape index (κ3) is 3.22. The number of hydrogen-bond donors (Lipinski definition) is 1. The maximum absolute atomic E-state index is 6.33. The Balaban J connectivity index is 2.00. The lowest BCUT2D eigenvalue weighted by Gasteiger charge is -2.26. The number of nitrogens with two attached hydrogens (primary N) is 1. The van der Waals surface area contributed by atoms with Crippen LogP contribution in [0.15, 0.2) is 4.52 Å². The van der Waals surface area contributed by atoms with Crippen LogP contribution in [-0.4, -0.2) is 10.1 Å². The zero-order valence-electron chi connectivity index (χ0n) is 13.2. The third-order valence-electron chi connectivity index (χ3n) is 5.04. The van der Waals surface area contributed by atoms with Crippen LogP contribution in [0.3, 0.4) is 0 Å². The SMILES string of the molecule is CCCC1CCC(c2noc(C(N)(CC)CC)n2)CC1. The fourth-order valence-corrected chi connectivity index (χ4v) is 3.27. The largest absolute Gasteiger partial charge is 0.337 e. The first kappa shape index (κ1) is 15.5. The molecule has 1 fully saturated rings. The average molecular weight is 279 g/mol. The van der Waals surface area contributed by atoms with Gasteiger partial charge in [-0.25, -0.2) is 0 Å². The van der Waals surface area contributed by atoms with Crippen molar-refractivity contribution in [2.45, 2.75) is 83.6 Å². The van der Waals surface area contributed by atoms with Crippen LogP contribution in [0.25, 0.3) is 0 Å². The van der Waals surface area contributed by atoms with Gasteiger partial charge in [0, 0.05) is 5.92 Å². The van der Waals surface area contributed by atoms with Crippen molar-refractivity contribution in [3.8, 4) is 0 Å². The summed E-state index contributed by atoms with van der Waals surface area (Å²) in [5.41, 5.74) is 5.87. The molecular formula is C16H29N3O. The predicted molar refractivity (Wildman–Crippen MR) is 80.4 cm³/mol. The third-order valence-corrected chi connectivity index (χ3v) is 5.04. The molecule has 1 heterocycles. The molecule has 0 aromatic carbocycles. The summed E-state index contributed by atoms with van der Waals surface area (Å²) >= 11 is 0. The lowest BCUT2D eigenvalue weighted by Crippen LogP contribution is -2.35.